The van der Waals surface area contributed by atoms with Gasteiger partial charge >= 0.3 is 6.03 Å². The summed E-state index contributed by atoms with van der Waals surface area (Å²) in [6.07, 6.45) is 3.87. The molecule has 0 bridgehead atoms. The van der Waals surface area contributed by atoms with Crippen LogP contribution in [-0.2, 0) is 16.1 Å². The number of carbonyl (C=O) groups excluding carboxylic acids is 2. The minimum absolute atomic E-state index is 0.0978. The summed E-state index contributed by atoms with van der Waals surface area (Å²) in [6.45, 7) is 1.05. The fourth-order valence-electron chi connectivity index (χ4n) is 2.49. The van der Waals surface area contributed by atoms with Crippen molar-refractivity contribution in [2.75, 3.05) is 18.9 Å². The van der Waals surface area contributed by atoms with E-state index in [1.165, 1.54) is 17.3 Å². The van der Waals surface area contributed by atoms with Crippen molar-refractivity contribution in [3.8, 4) is 0 Å². The first kappa shape index (κ1) is 12.8. The quantitative estimate of drug-likeness (QED) is 0.715. The number of ether oxygens (including phenoxy) is 1. The lowest BCUT2D eigenvalue weighted by Gasteiger charge is -2.30. The zero-order valence-corrected chi connectivity index (χ0v) is 10.8. The molecule has 3 rings (SSSR count). The van der Waals surface area contributed by atoms with Gasteiger partial charge in [0, 0.05) is 26.1 Å². The summed E-state index contributed by atoms with van der Waals surface area (Å²) in [4.78, 5) is 33.6. The van der Waals surface area contributed by atoms with E-state index in [0.717, 1.165) is 0 Å². The summed E-state index contributed by atoms with van der Waals surface area (Å²) in [5.41, 5.74) is 5.17. The largest absolute Gasteiger partial charge is 0.382 e. The van der Waals surface area contributed by atoms with Crippen molar-refractivity contribution >= 4 is 17.8 Å². The van der Waals surface area contributed by atoms with Crippen molar-refractivity contribution < 1.29 is 14.3 Å². The predicted octanol–water partition coefficient (Wildman–Crippen LogP) is -0.340. The Labute approximate surface area is 115 Å². The molecule has 8 heteroatoms. The second-order valence-corrected chi connectivity index (χ2v) is 4.95. The van der Waals surface area contributed by atoms with Gasteiger partial charge in [-0.05, 0) is 0 Å². The van der Waals surface area contributed by atoms with Crippen molar-refractivity contribution in [1.29, 1.82) is 0 Å². The van der Waals surface area contributed by atoms with E-state index >= 15 is 0 Å². The summed E-state index contributed by atoms with van der Waals surface area (Å²) >= 11 is 0. The SMILES string of the molecule is Nc1cnc(CN2C(=O)NC3(CCOCC3)C2=O)cn1. The first-order chi connectivity index (χ1) is 9.61. The number of hydrogen-bond acceptors (Lipinski definition) is 6. The highest BCUT2D eigenvalue weighted by molar-refractivity contribution is 6.07. The number of nitrogen functional groups attached to an aromatic ring is 1. The van der Waals surface area contributed by atoms with E-state index in [4.69, 9.17) is 10.5 Å². The normalized spacial score (nSPS) is 21.3. The van der Waals surface area contributed by atoms with Crippen molar-refractivity contribution in [3.63, 3.8) is 0 Å². The second-order valence-electron chi connectivity index (χ2n) is 4.95. The molecule has 20 heavy (non-hydrogen) atoms. The molecule has 3 heterocycles. The van der Waals surface area contributed by atoms with Gasteiger partial charge in [-0.25, -0.2) is 9.78 Å². The van der Waals surface area contributed by atoms with Crippen molar-refractivity contribution in [2.45, 2.75) is 24.9 Å². The zero-order valence-electron chi connectivity index (χ0n) is 10.8. The third-order valence-corrected chi connectivity index (χ3v) is 3.64. The van der Waals surface area contributed by atoms with Crippen LogP contribution in [0, 0.1) is 0 Å². The number of nitrogens with two attached hydrogens (primary N) is 1. The first-order valence-corrected chi connectivity index (χ1v) is 6.39. The maximum absolute atomic E-state index is 12.5. The van der Waals surface area contributed by atoms with Crippen LogP contribution in [0.4, 0.5) is 10.6 Å². The molecule has 106 valence electrons. The number of rotatable bonds is 2. The number of nitrogens with zero attached hydrogens (tertiary/aromatic N) is 3. The average molecular weight is 277 g/mol. The smallest absolute Gasteiger partial charge is 0.325 e. The lowest BCUT2D eigenvalue weighted by Crippen LogP contribution is -2.51. The summed E-state index contributed by atoms with van der Waals surface area (Å²) < 4.78 is 5.25. The molecule has 2 aliphatic rings. The van der Waals surface area contributed by atoms with Crippen LogP contribution in [0.1, 0.15) is 18.5 Å². The minimum Gasteiger partial charge on any atom is -0.382 e. The Bertz CT molecular complexity index is 539. The Balaban J connectivity index is 1.78. The summed E-state index contributed by atoms with van der Waals surface area (Å²) in [5, 5.41) is 2.79. The van der Waals surface area contributed by atoms with Crippen LogP contribution >= 0.6 is 0 Å². The van der Waals surface area contributed by atoms with E-state index in [9.17, 15) is 9.59 Å². The van der Waals surface area contributed by atoms with E-state index in [2.05, 4.69) is 15.3 Å². The highest BCUT2D eigenvalue weighted by Crippen LogP contribution is 2.29. The Morgan fingerprint density at radius 2 is 2.05 bits per heavy atom. The fourth-order valence-corrected chi connectivity index (χ4v) is 2.49. The van der Waals surface area contributed by atoms with E-state index in [1.54, 1.807) is 0 Å². The van der Waals surface area contributed by atoms with E-state index in [0.29, 0.717) is 37.6 Å². The number of imide groups is 1. The molecule has 0 aliphatic carbocycles. The van der Waals surface area contributed by atoms with Gasteiger partial charge in [0.1, 0.15) is 11.4 Å². The third-order valence-electron chi connectivity index (χ3n) is 3.64. The van der Waals surface area contributed by atoms with Crippen molar-refractivity contribution in [3.05, 3.63) is 18.1 Å². The maximum Gasteiger partial charge on any atom is 0.325 e. The Kier molecular flexibility index (Phi) is 3.01. The Morgan fingerprint density at radius 3 is 2.70 bits per heavy atom. The van der Waals surface area contributed by atoms with Crippen molar-refractivity contribution in [1.82, 2.24) is 20.2 Å². The van der Waals surface area contributed by atoms with Gasteiger partial charge in [-0.1, -0.05) is 0 Å². The fraction of sp³-hybridized carbons (Fsp3) is 0.500. The minimum atomic E-state index is -0.809. The van der Waals surface area contributed by atoms with Gasteiger partial charge in [-0.3, -0.25) is 14.7 Å². The van der Waals surface area contributed by atoms with Gasteiger partial charge in [-0.15, -0.1) is 0 Å². The average Bonchev–Trinajstić information content (AvgIpc) is 2.67. The van der Waals surface area contributed by atoms with Gasteiger partial charge in [0.2, 0.25) is 0 Å². The van der Waals surface area contributed by atoms with Crippen LogP contribution in [0.2, 0.25) is 0 Å². The molecule has 3 N–H and O–H groups in total. The number of hydrogen-bond donors (Lipinski definition) is 2. The van der Waals surface area contributed by atoms with Crippen LogP contribution in [0.15, 0.2) is 12.4 Å². The molecule has 0 unspecified atom stereocenters. The third kappa shape index (κ3) is 2.07. The number of anilines is 1. The molecule has 2 fully saturated rings. The van der Waals surface area contributed by atoms with E-state index < -0.39 is 11.6 Å². The summed E-state index contributed by atoms with van der Waals surface area (Å²) in [6, 6.07) is -0.393. The van der Waals surface area contributed by atoms with E-state index in [1.807, 2.05) is 0 Å². The molecule has 2 saturated heterocycles. The van der Waals surface area contributed by atoms with Gasteiger partial charge in [0.05, 0.1) is 24.6 Å². The molecule has 1 spiro atoms. The molecule has 8 nitrogen and oxygen atoms in total. The maximum atomic E-state index is 12.5. The van der Waals surface area contributed by atoms with Gasteiger partial charge < -0.3 is 15.8 Å². The molecule has 3 amide bonds. The number of nitrogens with one attached hydrogen (secondary N) is 1. The van der Waals surface area contributed by atoms with Gasteiger partial charge in [0.25, 0.3) is 5.91 Å². The predicted molar refractivity (Wildman–Crippen MR) is 68.3 cm³/mol. The zero-order chi connectivity index (χ0) is 14.2. The molecular formula is C12H15N5O3. The van der Waals surface area contributed by atoms with Crippen LogP contribution in [0.25, 0.3) is 0 Å². The Morgan fingerprint density at radius 1 is 1.30 bits per heavy atom. The van der Waals surface area contributed by atoms with Crippen LogP contribution in [0.3, 0.4) is 0 Å². The molecule has 0 radical (unpaired) electrons. The van der Waals surface area contributed by atoms with Crippen LogP contribution in [-0.4, -0.2) is 45.6 Å². The van der Waals surface area contributed by atoms with Gasteiger partial charge in [-0.2, -0.15) is 0 Å². The number of urea groups is 1. The number of amides is 3. The lowest BCUT2D eigenvalue weighted by molar-refractivity contribution is -0.135. The molecular weight excluding hydrogens is 262 g/mol. The van der Waals surface area contributed by atoms with Gasteiger partial charge in [0.15, 0.2) is 0 Å². The monoisotopic (exact) mass is 277 g/mol. The molecule has 0 atom stereocenters. The molecule has 2 aliphatic heterocycles. The van der Waals surface area contributed by atoms with Crippen molar-refractivity contribution in [2.24, 2.45) is 0 Å². The van der Waals surface area contributed by atoms with Crippen LogP contribution < -0.4 is 11.1 Å². The Hall–Kier alpha value is -2.22. The second kappa shape index (κ2) is 4.71. The first-order valence-electron chi connectivity index (χ1n) is 6.39. The highest BCUT2D eigenvalue weighted by Gasteiger charge is 2.51. The molecule has 0 aromatic carbocycles. The molecule has 1 aromatic heterocycles. The van der Waals surface area contributed by atoms with E-state index in [-0.39, 0.29) is 12.5 Å². The number of aromatic nitrogens is 2. The molecule has 0 saturated carbocycles. The number of carbonyl (C=O) groups is 2. The lowest BCUT2D eigenvalue weighted by atomic mass is 9.90. The summed E-state index contributed by atoms with van der Waals surface area (Å²) in [5.74, 6) is 0.0799. The molecule has 1 aromatic rings. The standard InChI is InChI=1S/C12H15N5O3/c13-9-6-14-8(5-15-9)7-17-10(18)12(16-11(17)19)1-3-20-4-2-12/h5-6H,1-4,7H2,(H2,13,15)(H,16,19). The summed E-state index contributed by atoms with van der Waals surface area (Å²) in [7, 11) is 0. The highest BCUT2D eigenvalue weighted by atomic mass is 16.5. The van der Waals surface area contributed by atoms with Crippen LogP contribution in [0.5, 0.6) is 0 Å². The topological polar surface area (TPSA) is 110 Å².